The Morgan fingerprint density at radius 1 is 1.37 bits per heavy atom. The van der Waals surface area contributed by atoms with Crippen LogP contribution in [0.25, 0.3) is 0 Å². The lowest BCUT2D eigenvalue weighted by Gasteiger charge is -2.10. The van der Waals surface area contributed by atoms with Crippen LogP contribution in [0.4, 0.5) is 4.39 Å². The molecule has 0 spiro atoms. The molecule has 0 radical (unpaired) electrons. The lowest BCUT2D eigenvalue weighted by atomic mass is 10.2. The van der Waals surface area contributed by atoms with Crippen molar-refractivity contribution in [3.05, 3.63) is 29.6 Å². The summed E-state index contributed by atoms with van der Waals surface area (Å²) in [5.41, 5.74) is -0.248. The highest BCUT2D eigenvalue weighted by Gasteiger charge is 2.16. The van der Waals surface area contributed by atoms with E-state index in [1.165, 1.54) is 0 Å². The Kier molecular flexibility index (Phi) is 4.88. The minimum atomic E-state index is -3.24. The second-order valence-corrected chi connectivity index (χ2v) is 6.92. The first-order valence-electron chi connectivity index (χ1n) is 5.60. The van der Waals surface area contributed by atoms with E-state index in [9.17, 15) is 17.6 Å². The number of aromatic carboxylic acids is 1. The van der Waals surface area contributed by atoms with Gasteiger partial charge < -0.3 is 9.84 Å². The number of benzene rings is 1. The van der Waals surface area contributed by atoms with Gasteiger partial charge in [-0.2, -0.15) is 0 Å². The molecule has 1 aromatic rings. The lowest BCUT2D eigenvalue weighted by Crippen LogP contribution is -2.22. The molecular weight excluding hydrogens is 275 g/mol. The molecule has 0 aliphatic rings. The van der Waals surface area contributed by atoms with E-state index in [0.29, 0.717) is 0 Å². The van der Waals surface area contributed by atoms with Crippen molar-refractivity contribution in [2.45, 2.75) is 19.1 Å². The molecule has 0 heterocycles. The third-order valence-electron chi connectivity index (χ3n) is 2.47. The van der Waals surface area contributed by atoms with Crippen molar-refractivity contribution >= 4 is 15.8 Å². The summed E-state index contributed by atoms with van der Waals surface area (Å²) in [4.78, 5) is 10.7. The normalized spacial score (nSPS) is 11.6. The van der Waals surface area contributed by atoms with E-state index >= 15 is 0 Å². The van der Waals surface area contributed by atoms with E-state index < -0.39 is 26.9 Å². The quantitative estimate of drug-likeness (QED) is 0.863. The largest absolute Gasteiger partial charge is 0.492 e. The Morgan fingerprint density at radius 3 is 2.53 bits per heavy atom. The van der Waals surface area contributed by atoms with Crippen molar-refractivity contribution in [1.82, 2.24) is 0 Å². The summed E-state index contributed by atoms with van der Waals surface area (Å²) in [5.74, 6) is -2.24. The van der Waals surface area contributed by atoms with Crippen molar-refractivity contribution in [2.75, 3.05) is 12.4 Å². The van der Waals surface area contributed by atoms with Gasteiger partial charge in [0, 0.05) is 6.07 Å². The smallest absolute Gasteiger partial charge is 0.335 e. The lowest BCUT2D eigenvalue weighted by molar-refractivity contribution is 0.0695. The van der Waals surface area contributed by atoms with Crippen molar-refractivity contribution in [3.8, 4) is 5.75 Å². The van der Waals surface area contributed by atoms with Gasteiger partial charge in [-0.05, 0) is 26.0 Å². The number of hydrogen-bond acceptors (Lipinski definition) is 4. The first-order chi connectivity index (χ1) is 8.72. The van der Waals surface area contributed by atoms with Crippen LogP contribution in [0.1, 0.15) is 24.2 Å². The number of ether oxygens (including phenoxy) is 1. The third-order valence-corrected chi connectivity index (χ3v) is 4.65. The van der Waals surface area contributed by atoms with Gasteiger partial charge in [0.15, 0.2) is 9.84 Å². The van der Waals surface area contributed by atoms with Crippen LogP contribution in [0.15, 0.2) is 18.2 Å². The van der Waals surface area contributed by atoms with Crippen LogP contribution < -0.4 is 4.74 Å². The average Bonchev–Trinajstić information content (AvgIpc) is 2.27. The second kappa shape index (κ2) is 6.01. The van der Waals surface area contributed by atoms with Crippen LogP contribution in [0.3, 0.4) is 0 Å². The molecule has 0 bridgehead atoms. The topological polar surface area (TPSA) is 80.7 Å². The van der Waals surface area contributed by atoms with Crippen molar-refractivity contribution < 1.29 is 27.4 Å². The summed E-state index contributed by atoms with van der Waals surface area (Å²) in [7, 11) is -3.24. The zero-order valence-corrected chi connectivity index (χ0v) is 11.4. The predicted molar refractivity (Wildman–Crippen MR) is 67.8 cm³/mol. The summed E-state index contributed by atoms with van der Waals surface area (Å²) in [6.07, 6.45) is 0. The Bertz CT molecular complexity index is 565. The van der Waals surface area contributed by atoms with E-state index in [4.69, 9.17) is 9.84 Å². The number of hydrogen-bond donors (Lipinski definition) is 1. The van der Waals surface area contributed by atoms with Gasteiger partial charge in [0.25, 0.3) is 0 Å². The average molecular weight is 290 g/mol. The fraction of sp³-hybridized carbons (Fsp3) is 0.417. The minimum absolute atomic E-state index is 0.00337. The zero-order valence-electron chi connectivity index (χ0n) is 10.6. The van der Waals surface area contributed by atoms with Gasteiger partial charge in [-0.3, -0.25) is 0 Å². The molecule has 7 heteroatoms. The molecular formula is C12H15FO5S. The van der Waals surface area contributed by atoms with Gasteiger partial charge in [-0.1, -0.05) is 0 Å². The van der Waals surface area contributed by atoms with Gasteiger partial charge in [-0.25, -0.2) is 17.6 Å². The van der Waals surface area contributed by atoms with Gasteiger partial charge in [0.2, 0.25) is 0 Å². The highest BCUT2D eigenvalue weighted by molar-refractivity contribution is 7.91. The molecule has 19 heavy (non-hydrogen) atoms. The molecule has 0 amide bonds. The van der Waals surface area contributed by atoms with Gasteiger partial charge in [-0.15, -0.1) is 0 Å². The van der Waals surface area contributed by atoms with E-state index in [0.717, 1.165) is 18.2 Å². The standard InChI is InChI=1S/C12H15FO5S/c1-8(2)19(16,17)4-3-18-11-6-9(12(14)15)5-10(13)7-11/h5-8H,3-4H2,1-2H3,(H,14,15). The van der Waals surface area contributed by atoms with E-state index in [1.54, 1.807) is 13.8 Å². The Morgan fingerprint density at radius 2 is 2.00 bits per heavy atom. The molecule has 5 nitrogen and oxygen atoms in total. The molecule has 0 aliphatic heterocycles. The van der Waals surface area contributed by atoms with Gasteiger partial charge in [0.1, 0.15) is 18.2 Å². The fourth-order valence-electron chi connectivity index (χ4n) is 1.28. The molecule has 0 aliphatic carbocycles. The van der Waals surface area contributed by atoms with Crippen LogP contribution in [0.2, 0.25) is 0 Å². The van der Waals surface area contributed by atoms with Gasteiger partial charge in [0.05, 0.1) is 16.6 Å². The summed E-state index contributed by atoms with van der Waals surface area (Å²) in [6.45, 7) is 2.96. The summed E-state index contributed by atoms with van der Waals surface area (Å²) in [5, 5.41) is 8.23. The number of carboxylic acid groups (broad SMARTS) is 1. The molecule has 0 aromatic heterocycles. The first kappa shape index (κ1) is 15.4. The van der Waals surface area contributed by atoms with Gasteiger partial charge >= 0.3 is 5.97 Å². The van der Waals surface area contributed by atoms with E-state index in [-0.39, 0.29) is 23.7 Å². The van der Waals surface area contributed by atoms with Crippen molar-refractivity contribution in [1.29, 1.82) is 0 Å². The number of halogens is 1. The molecule has 1 rings (SSSR count). The number of carbonyl (C=O) groups is 1. The van der Waals surface area contributed by atoms with Crippen LogP contribution in [-0.2, 0) is 9.84 Å². The Labute approximate surface area is 110 Å². The Hall–Kier alpha value is -1.63. The van der Waals surface area contributed by atoms with E-state index in [1.807, 2.05) is 0 Å². The SMILES string of the molecule is CC(C)S(=O)(=O)CCOc1cc(F)cc(C(=O)O)c1. The fourth-order valence-corrected chi connectivity index (χ4v) is 2.07. The molecule has 0 atom stereocenters. The molecule has 106 valence electrons. The monoisotopic (exact) mass is 290 g/mol. The number of rotatable bonds is 6. The summed E-state index contributed by atoms with van der Waals surface area (Å²) in [6, 6.07) is 3.02. The minimum Gasteiger partial charge on any atom is -0.492 e. The molecule has 0 saturated heterocycles. The van der Waals surface area contributed by atoms with Crippen LogP contribution in [0, 0.1) is 5.82 Å². The Balaban J connectivity index is 2.71. The van der Waals surface area contributed by atoms with Crippen molar-refractivity contribution in [3.63, 3.8) is 0 Å². The highest BCUT2D eigenvalue weighted by Crippen LogP contribution is 2.16. The molecule has 1 N–H and O–H groups in total. The van der Waals surface area contributed by atoms with Crippen LogP contribution >= 0.6 is 0 Å². The predicted octanol–water partition coefficient (Wildman–Crippen LogP) is 1.73. The first-order valence-corrected chi connectivity index (χ1v) is 7.32. The highest BCUT2D eigenvalue weighted by atomic mass is 32.2. The molecule has 0 fully saturated rings. The zero-order chi connectivity index (χ0) is 14.6. The maximum Gasteiger partial charge on any atom is 0.335 e. The number of sulfone groups is 1. The number of carboxylic acids is 1. The summed E-state index contributed by atoms with van der Waals surface area (Å²) < 4.78 is 41.2. The molecule has 1 aromatic carbocycles. The second-order valence-electron chi connectivity index (χ2n) is 4.24. The van der Waals surface area contributed by atoms with Crippen LogP contribution in [-0.4, -0.2) is 37.1 Å². The maximum atomic E-state index is 13.1. The summed E-state index contributed by atoms with van der Waals surface area (Å²) >= 11 is 0. The van der Waals surface area contributed by atoms with E-state index in [2.05, 4.69) is 0 Å². The van der Waals surface area contributed by atoms with Crippen LogP contribution in [0.5, 0.6) is 5.75 Å². The maximum absolute atomic E-state index is 13.1. The van der Waals surface area contributed by atoms with Crippen molar-refractivity contribution in [2.24, 2.45) is 0 Å². The third kappa shape index (κ3) is 4.51. The molecule has 0 saturated carbocycles. The molecule has 0 unspecified atom stereocenters.